The lowest BCUT2D eigenvalue weighted by Gasteiger charge is -2.09. The summed E-state index contributed by atoms with van der Waals surface area (Å²) < 4.78 is 0. The van der Waals surface area contributed by atoms with E-state index in [1.807, 2.05) is 37.3 Å². The highest BCUT2D eigenvalue weighted by Crippen LogP contribution is 2.18. The monoisotopic (exact) mass is 238 g/mol. The number of hydrogen-bond acceptors (Lipinski definition) is 1. The van der Waals surface area contributed by atoms with Gasteiger partial charge in [-0.2, -0.15) is 0 Å². The smallest absolute Gasteiger partial charge is 0.162 e. The lowest BCUT2D eigenvalue weighted by molar-refractivity contribution is 0.0987. The number of ketones is 1. The molecule has 2 rings (SSSR count). The number of rotatable bonds is 4. The first-order valence-electron chi connectivity index (χ1n) is 6.38. The standard InChI is InChI=1S/C17H18O/c1-3-17(18)16-11-7-6-10-15(16)12-14-9-5-4-8-13(14)2/h4-11H,3,12H2,1-2H3. The van der Waals surface area contributed by atoms with Crippen LogP contribution in [0.2, 0.25) is 0 Å². The van der Waals surface area contributed by atoms with E-state index in [-0.39, 0.29) is 5.78 Å². The Kier molecular flexibility index (Phi) is 3.93. The van der Waals surface area contributed by atoms with Gasteiger partial charge in [0.05, 0.1) is 0 Å². The van der Waals surface area contributed by atoms with Crippen molar-refractivity contribution < 1.29 is 4.79 Å². The molecule has 1 nitrogen and oxygen atoms in total. The molecule has 2 aromatic rings. The third-order valence-electron chi connectivity index (χ3n) is 3.28. The van der Waals surface area contributed by atoms with Crippen LogP contribution in [0.3, 0.4) is 0 Å². The van der Waals surface area contributed by atoms with E-state index in [0.29, 0.717) is 6.42 Å². The molecule has 0 atom stereocenters. The summed E-state index contributed by atoms with van der Waals surface area (Å²) in [6, 6.07) is 16.2. The molecule has 2 aromatic carbocycles. The van der Waals surface area contributed by atoms with E-state index in [1.165, 1.54) is 11.1 Å². The van der Waals surface area contributed by atoms with Crippen molar-refractivity contribution in [2.75, 3.05) is 0 Å². The fraction of sp³-hybridized carbons (Fsp3) is 0.235. The van der Waals surface area contributed by atoms with E-state index in [1.54, 1.807) is 0 Å². The Morgan fingerprint density at radius 3 is 2.22 bits per heavy atom. The predicted octanol–water partition coefficient (Wildman–Crippen LogP) is 4.18. The van der Waals surface area contributed by atoms with Crippen LogP contribution in [0.5, 0.6) is 0 Å². The third-order valence-corrected chi connectivity index (χ3v) is 3.28. The van der Waals surface area contributed by atoms with Gasteiger partial charge >= 0.3 is 0 Å². The van der Waals surface area contributed by atoms with Crippen molar-refractivity contribution in [1.82, 2.24) is 0 Å². The first-order valence-corrected chi connectivity index (χ1v) is 6.38. The molecule has 0 aliphatic carbocycles. The van der Waals surface area contributed by atoms with Crippen molar-refractivity contribution in [1.29, 1.82) is 0 Å². The minimum atomic E-state index is 0.221. The second-order valence-corrected chi connectivity index (χ2v) is 4.54. The van der Waals surface area contributed by atoms with E-state index in [0.717, 1.165) is 17.5 Å². The van der Waals surface area contributed by atoms with Crippen LogP contribution in [0.15, 0.2) is 48.5 Å². The van der Waals surface area contributed by atoms with Gasteiger partial charge in [-0.25, -0.2) is 0 Å². The van der Waals surface area contributed by atoms with Crippen molar-refractivity contribution in [3.63, 3.8) is 0 Å². The van der Waals surface area contributed by atoms with Gasteiger partial charge in [-0.3, -0.25) is 4.79 Å². The SMILES string of the molecule is CCC(=O)c1ccccc1Cc1ccccc1C. The minimum Gasteiger partial charge on any atom is -0.294 e. The molecular formula is C17H18O. The van der Waals surface area contributed by atoms with Gasteiger partial charge in [0.15, 0.2) is 5.78 Å². The van der Waals surface area contributed by atoms with Gasteiger partial charge in [-0.1, -0.05) is 55.5 Å². The number of aryl methyl sites for hydroxylation is 1. The maximum absolute atomic E-state index is 11.9. The zero-order valence-corrected chi connectivity index (χ0v) is 10.9. The summed E-state index contributed by atoms with van der Waals surface area (Å²) in [4.78, 5) is 11.9. The Morgan fingerprint density at radius 2 is 1.56 bits per heavy atom. The van der Waals surface area contributed by atoms with Gasteiger partial charge in [-0.05, 0) is 30.0 Å². The largest absolute Gasteiger partial charge is 0.294 e. The van der Waals surface area contributed by atoms with Gasteiger partial charge in [0, 0.05) is 12.0 Å². The molecule has 0 fully saturated rings. The van der Waals surface area contributed by atoms with E-state index < -0.39 is 0 Å². The van der Waals surface area contributed by atoms with Crippen LogP contribution in [0.25, 0.3) is 0 Å². The van der Waals surface area contributed by atoms with E-state index >= 15 is 0 Å². The Hall–Kier alpha value is -1.89. The number of Topliss-reactive ketones (excluding diaryl/α,β-unsaturated/α-hetero) is 1. The molecule has 0 radical (unpaired) electrons. The fourth-order valence-electron chi connectivity index (χ4n) is 2.15. The molecule has 0 bridgehead atoms. The number of carbonyl (C=O) groups is 1. The summed E-state index contributed by atoms with van der Waals surface area (Å²) in [6.07, 6.45) is 1.39. The molecule has 1 heteroatoms. The van der Waals surface area contributed by atoms with E-state index in [9.17, 15) is 4.79 Å². The number of carbonyl (C=O) groups excluding carboxylic acids is 1. The molecule has 0 spiro atoms. The van der Waals surface area contributed by atoms with Crippen LogP contribution < -0.4 is 0 Å². The predicted molar refractivity (Wildman–Crippen MR) is 75.0 cm³/mol. The van der Waals surface area contributed by atoms with Crippen LogP contribution >= 0.6 is 0 Å². The van der Waals surface area contributed by atoms with Gasteiger partial charge in [0.1, 0.15) is 0 Å². The van der Waals surface area contributed by atoms with E-state index in [2.05, 4.69) is 25.1 Å². The molecule has 0 aliphatic rings. The summed E-state index contributed by atoms with van der Waals surface area (Å²) in [5, 5.41) is 0. The average molecular weight is 238 g/mol. The Bertz CT molecular complexity index is 555. The maximum atomic E-state index is 11.9. The second kappa shape index (κ2) is 5.63. The van der Waals surface area contributed by atoms with Crippen molar-refractivity contribution in [3.05, 3.63) is 70.8 Å². The Morgan fingerprint density at radius 1 is 0.944 bits per heavy atom. The normalized spacial score (nSPS) is 10.3. The molecular weight excluding hydrogens is 220 g/mol. The van der Waals surface area contributed by atoms with Gasteiger partial charge in [-0.15, -0.1) is 0 Å². The molecule has 92 valence electrons. The van der Waals surface area contributed by atoms with Gasteiger partial charge < -0.3 is 0 Å². The van der Waals surface area contributed by atoms with E-state index in [4.69, 9.17) is 0 Å². The van der Waals surface area contributed by atoms with Gasteiger partial charge in [0.25, 0.3) is 0 Å². The molecule has 0 saturated heterocycles. The fourth-order valence-corrected chi connectivity index (χ4v) is 2.15. The first kappa shape index (κ1) is 12.6. The minimum absolute atomic E-state index is 0.221. The molecule has 0 heterocycles. The summed E-state index contributed by atoms with van der Waals surface area (Å²) >= 11 is 0. The highest BCUT2D eigenvalue weighted by atomic mass is 16.1. The molecule has 0 aromatic heterocycles. The molecule has 0 amide bonds. The van der Waals surface area contributed by atoms with Crippen molar-refractivity contribution in [3.8, 4) is 0 Å². The zero-order chi connectivity index (χ0) is 13.0. The number of benzene rings is 2. The van der Waals surface area contributed by atoms with Crippen LogP contribution in [-0.4, -0.2) is 5.78 Å². The summed E-state index contributed by atoms with van der Waals surface area (Å²) in [6.45, 7) is 4.02. The lowest BCUT2D eigenvalue weighted by Crippen LogP contribution is -2.03. The summed E-state index contributed by atoms with van der Waals surface area (Å²) in [5.74, 6) is 0.221. The van der Waals surface area contributed by atoms with Crippen molar-refractivity contribution >= 4 is 5.78 Å². The molecule has 0 N–H and O–H groups in total. The lowest BCUT2D eigenvalue weighted by atomic mass is 9.94. The number of hydrogen-bond donors (Lipinski definition) is 0. The van der Waals surface area contributed by atoms with Crippen LogP contribution in [0.4, 0.5) is 0 Å². The van der Waals surface area contributed by atoms with Crippen molar-refractivity contribution in [2.24, 2.45) is 0 Å². The highest BCUT2D eigenvalue weighted by Gasteiger charge is 2.09. The highest BCUT2D eigenvalue weighted by molar-refractivity contribution is 5.97. The molecule has 0 saturated carbocycles. The average Bonchev–Trinajstić information content (AvgIpc) is 2.41. The quantitative estimate of drug-likeness (QED) is 0.730. The van der Waals surface area contributed by atoms with Crippen LogP contribution in [0, 0.1) is 6.92 Å². The topological polar surface area (TPSA) is 17.1 Å². The molecule has 0 aliphatic heterocycles. The Balaban J connectivity index is 2.35. The molecule has 18 heavy (non-hydrogen) atoms. The third kappa shape index (κ3) is 2.67. The van der Waals surface area contributed by atoms with Gasteiger partial charge in [0.2, 0.25) is 0 Å². The summed E-state index contributed by atoms with van der Waals surface area (Å²) in [5.41, 5.74) is 4.55. The maximum Gasteiger partial charge on any atom is 0.162 e. The molecule has 0 unspecified atom stereocenters. The Labute approximate surface area is 108 Å². The van der Waals surface area contributed by atoms with Crippen LogP contribution in [-0.2, 0) is 6.42 Å². The summed E-state index contributed by atoms with van der Waals surface area (Å²) in [7, 11) is 0. The first-order chi connectivity index (χ1) is 8.72. The van der Waals surface area contributed by atoms with Crippen molar-refractivity contribution in [2.45, 2.75) is 26.7 Å². The zero-order valence-electron chi connectivity index (χ0n) is 10.9. The second-order valence-electron chi connectivity index (χ2n) is 4.54. The van der Waals surface area contributed by atoms with Crippen LogP contribution in [0.1, 0.15) is 40.4 Å².